The molecule has 2 nitrogen and oxygen atoms in total. The number of halogens is 1. The number of carbonyl (C=O) groups is 1. The van der Waals surface area contributed by atoms with Crippen LogP contribution in [-0.4, -0.2) is 16.8 Å². The van der Waals surface area contributed by atoms with Gasteiger partial charge in [-0.1, -0.05) is 54.5 Å². The second-order valence-electron chi connectivity index (χ2n) is 5.60. The van der Waals surface area contributed by atoms with E-state index in [1.54, 1.807) is 0 Å². The van der Waals surface area contributed by atoms with Gasteiger partial charge in [0.2, 0.25) is 5.91 Å². The molecule has 0 aromatic heterocycles. The quantitative estimate of drug-likeness (QED) is 0.773. The van der Waals surface area contributed by atoms with Gasteiger partial charge in [-0.2, -0.15) is 0 Å². The summed E-state index contributed by atoms with van der Waals surface area (Å²) in [5, 5.41) is 3.26. The summed E-state index contributed by atoms with van der Waals surface area (Å²) in [5.41, 5.74) is 0. The summed E-state index contributed by atoms with van der Waals surface area (Å²) in [6, 6.07) is 0.382. The maximum Gasteiger partial charge on any atom is 0.223 e. The van der Waals surface area contributed by atoms with Crippen molar-refractivity contribution in [3.8, 4) is 0 Å². The molecule has 0 radical (unpaired) electrons. The molecule has 2 saturated carbocycles. The Labute approximate surface area is 113 Å². The van der Waals surface area contributed by atoms with Gasteiger partial charge < -0.3 is 5.32 Å². The predicted octanol–water partition coefficient (Wildman–Crippen LogP) is 3.78. The van der Waals surface area contributed by atoms with Gasteiger partial charge in [0.25, 0.3) is 0 Å². The largest absolute Gasteiger partial charge is 0.352 e. The highest BCUT2D eigenvalue weighted by Gasteiger charge is 2.28. The Kier molecular flexibility index (Phi) is 5.33. The van der Waals surface area contributed by atoms with Crippen LogP contribution in [0.2, 0.25) is 0 Å². The van der Waals surface area contributed by atoms with Gasteiger partial charge in [0, 0.05) is 16.8 Å². The maximum atomic E-state index is 12.2. The Bertz CT molecular complexity index is 249. The SMILES string of the molecule is O=C(NC1CCCC1Br)C1CCCCCCC1. The van der Waals surface area contributed by atoms with E-state index in [9.17, 15) is 4.79 Å². The Morgan fingerprint density at radius 1 is 0.882 bits per heavy atom. The molecule has 98 valence electrons. The third-order valence-electron chi connectivity index (χ3n) is 4.24. The fourth-order valence-corrected chi connectivity index (χ4v) is 3.82. The lowest BCUT2D eigenvalue weighted by molar-refractivity contribution is -0.126. The summed E-state index contributed by atoms with van der Waals surface area (Å²) in [5.74, 6) is 0.610. The van der Waals surface area contributed by atoms with Crippen LogP contribution in [0.5, 0.6) is 0 Å². The second-order valence-corrected chi connectivity index (χ2v) is 6.78. The van der Waals surface area contributed by atoms with E-state index < -0.39 is 0 Å². The van der Waals surface area contributed by atoms with Crippen molar-refractivity contribution in [2.24, 2.45) is 5.92 Å². The Morgan fingerprint density at radius 3 is 2.12 bits per heavy atom. The molecule has 2 unspecified atom stereocenters. The molecule has 2 aliphatic carbocycles. The van der Waals surface area contributed by atoms with Crippen molar-refractivity contribution >= 4 is 21.8 Å². The molecule has 17 heavy (non-hydrogen) atoms. The van der Waals surface area contributed by atoms with Crippen LogP contribution in [0.1, 0.15) is 64.2 Å². The smallest absolute Gasteiger partial charge is 0.223 e. The summed E-state index contributed by atoms with van der Waals surface area (Å²) in [7, 11) is 0. The van der Waals surface area contributed by atoms with E-state index in [0.29, 0.717) is 16.8 Å². The van der Waals surface area contributed by atoms with Gasteiger partial charge in [-0.25, -0.2) is 0 Å². The predicted molar refractivity (Wildman–Crippen MR) is 74.3 cm³/mol. The van der Waals surface area contributed by atoms with Gasteiger partial charge >= 0.3 is 0 Å². The van der Waals surface area contributed by atoms with E-state index >= 15 is 0 Å². The van der Waals surface area contributed by atoms with Crippen molar-refractivity contribution in [3.63, 3.8) is 0 Å². The molecule has 3 heteroatoms. The highest BCUT2D eigenvalue weighted by Crippen LogP contribution is 2.27. The Hall–Kier alpha value is -0.0500. The molecule has 2 fully saturated rings. The van der Waals surface area contributed by atoms with Crippen molar-refractivity contribution in [2.45, 2.75) is 75.1 Å². The van der Waals surface area contributed by atoms with Gasteiger partial charge in [0.05, 0.1) is 0 Å². The van der Waals surface area contributed by atoms with Gasteiger partial charge in [-0.3, -0.25) is 4.79 Å². The van der Waals surface area contributed by atoms with Gasteiger partial charge in [-0.15, -0.1) is 0 Å². The Morgan fingerprint density at radius 2 is 1.53 bits per heavy atom. The topological polar surface area (TPSA) is 29.1 Å². The van der Waals surface area contributed by atoms with E-state index in [4.69, 9.17) is 0 Å². The minimum absolute atomic E-state index is 0.288. The molecule has 0 saturated heterocycles. The fourth-order valence-electron chi connectivity index (χ4n) is 3.10. The monoisotopic (exact) mass is 301 g/mol. The number of nitrogens with one attached hydrogen (secondary N) is 1. The van der Waals surface area contributed by atoms with Crippen LogP contribution in [0, 0.1) is 5.92 Å². The van der Waals surface area contributed by atoms with Crippen LogP contribution < -0.4 is 5.32 Å². The molecule has 0 aliphatic heterocycles. The number of amides is 1. The molecule has 2 aliphatic rings. The summed E-state index contributed by atoms with van der Waals surface area (Å²) in [6.07, 6.45) is 12.3. The lowest BCUT2D eigenvalue weighted by Crippen LogP contribution is -2.41. The van der Waals surface area contributed by atoms with Crippen LogP contribution >= 0.6 is 15.9 Å². The Balaban J connectivity index is 1.80. The summed E-state index contributed by atoms with van der Waals surface area (Å²) in [6.45, 7) is 0. The number of rotatable bonds is 2. The molecule has 1 N–H and O–H groups in total. The lowest BCUT2D eigenvalue weighted by Gasteiger charge is -2.23. The lowest BCUT2D eigenvalue weighted by atomic mass is 9.90. The first-order valence-electron chi connectivity index (χ1n) is 7.22. The van der Waals surface area contributed by atoms with Crippen LogP contribution in [0.15, 0.2) is 0 Å². The summed E-state index contributed by atoms with van der Waals surface area (Å²) < 4.78 is 0. The molecule has 0 aromatic carbocycles. The average molecular weight is 302 g/mol. The summed E-state index contributed by atoms with van der Waals surface area (Å²) in [4.78, 5) is 12.7. The van der Waals surface area contributed by atoms with E-state index in [0.717, 1.165) is 19.3 Å². The normalized spacial score (nSPS) is 31.8. The van der Waals surface area contributed by atoms with Crippen molar-refractivity contribution < 1.29 is 4.79 Å². The number of carbonyl (C=O) groups excluding carboxylic acids is 1. The number of hydrogen-bond donors (Lipinski definition) is 1. The third kappa shape index (κ3) is 3.97. The van der Waals surface area contributed by atoms with Gasteiger partial charge in [0.1, 0.15) is 0 Å². The van der Waals surface area contributed by atoms with Crippen LogP contribution in [0.25, 0.3) is 0 Å². The van der Waals surface area contributed by atoms with E-state index in [-0.39, 0.29) is 5.92 Å². The van der Waals surface area contributed by atoms with Crippen molar-refractivity contribution in [1.82, 2.24) is 5.32 Å². The fraction of sp³-hybridized carbons (Fsp3) is 0.929. The first kappa shape index (κ1) is 13.4. The van der Waals surface area contributed by atoms with Crippen LogP contribution in [-0.2, 0) is 4.79 Å². The number of alkyl halides is 1. The van der Waals surface area contributed by atoms with Crippen molar-refractivity contribution in [3.05, 3.63) is 0 Å². The van der Waals surface area contributed by atoms with E-state index in [1.807, 2.05) is 0 Å². The highest BCUT2D eigenvalue weighted by atomic mass is 79.9. The molecule has 1 amide bonds. The van der Waals surface area contributed by atoms with Gasteiger partial charge in [0.15, 0.2) is 0 Å². The van der Waals surface area contributed by atoms with E-state index in [2.05, 4.69) is 21.2 Å². The van der Waals surface area contributed by atoms with Crippen LogP contribution in [0.4, 0.5) is 0 Å². The minimum atomic E-state index is 0.288. The zero-order valence-electron chi connectivity index (χ0n) is 10.6. The third-order valence-corrected chi connectivity index (χ3v) is 5.33. The summed E-state index contributed by atoms with van der Waals surface area (Å²) >= 11 is 3.67. The van der Waals surface area contributed by atoms with E-state index in [1.165, 1.54) is 44.9 Å². The zero-order valence-corrected chi connectivity index (χ0v) is 12.2. The van der Waals surface area contributed by atoms with Gasteiger partial charge in [-0.05, 0) is 25.7 Å². The average Bonchev–Trinajstić information content (AvgIpc) is 2.63. The molecule has 2 rings (SSSR count). The van der Waals surface area contributed by atoms with Crippen molar-refractivity contribution in [2.75, 3.05) is 0 Å². The molecular formula is C14H24BrNO. The van der Waals surface area contributed by atoms with Crippen molar-refractivity contribution in [1.29, 1.82) is 0 Å². The highest BCUT2D eigenvalue weighted by molar-refractivity contribution is 9.09. The first-order chi connectivity index (χ1) is 8.27. The molecule has 2 atom stereocenters. The second kappa shape index (κ2) is 6.77. The molecule has 0 spiro atoms. The first-order valence-corrected chi connectivity index (χ1v) is 8.13. The maximum absolute atomic E-state index is 12.2. The number of hydrogen-bond acceptors (Lipinski definition) is 1. The zero-order chi connectivity index (χ0) is 12.1. The molecule has 0 bridgehead atoms. The molecular weight excluding hydrogens is 278 g/mol. The minimum Gasteiger partial charge on any atom is -0.352 e. The molecule has 0 heterocycles. The standard InChI is InChI=1S/C14H24BrNO/c15-12-9-6-10-13(12)16-14(17)11-7-4-2-1-3-5-8-11/h11-13H,1-10H2,(H,16,17). The van der Waals surface area contributed by atoms with Crippen LogP contribution in [0.3, 0.4) is 0 Å². The molecule has 0 aromatic rings.